The first kappa shape index (κ1) is 15.5. The molecule has 3 aliphatic rings. The Morgan fingerprint density at radius 3 is 3.04 bits per heavy atom. The molecule has 26 heavy (non-hydrogen) atoms. The quantitative estimate of drug-likeness (QED) is 0.733. The first-order valence-corrected chi connectivity index (χ1v) is 8.84. The van der Waals surface area contributed by atoms with Gasteiger partial charge in [0.25, 0.3) is 11.5 Å². The van der Waals surface area contributed by atoms with Crippen LogP contribution in [-0.4, -0.2) is 62.5 Å². The summed E-state index contributed by atoms with van der Waals surface area (Å²) in [5.74, 6) is -0.369. The van der Waals surface area contributed by atoms with Crippen LogP contribution in [0.2, 0.25) is 0 Å². The van der Waals surface area contributed by atoms with Gasteiger partial charge in [-0.1, -0.05) is 6.07 Å². The number of hydrogen-bond acceptors (Lipinski definition) is 5. The van der Waals surface area contributed by atoms with E-state index in [9.17, 15) is 14.4 Å². The average molecular weight is 354 g/mol. The summed E-state index contributed by atoms with van der Waals surface area (Å²) in [4.78, 5) is 45.9. The van der Waals surface area contributed by atoms with Crippen molar-refractivity contribution in [3.05, 3.63) is 46.5 Å². The smallest absolute Gasteiger partial charge is 0.270 e. The zero-order valence-electron chi connectivity index (χ0n) is 14.1. The van der Waals surface area contributed by atoms with Gasteiger partial charge in [0.2, 0.25) is 5.91 Å². The van der Waals surface area contributed by atoms with Gasteiger partial charge in [-0.2, -0.15) is 0 Å². The minimum absolute atomic E-state index is 0.0144. The Balaban J connectivity index is 1.53. The van der Waals surface area contributed by atoms with E-state index in [1.165, 1.54) is 10.6 Å². The molecule has 5 rings (SSSR count). The van der Waals surface area contributed by atoms with Gasteiger partial charge < -0.3 is 14.5 Å². The van der Waals surface area contributed by atoms with Gasteiger partial charge in [-0.05, 0) is 18.6 Å². The summed E-state index contributed by atoms with van der Waals surface area (Å²) in [5.41, 5.74) is -0.602. The van der Waals surface area contributed by atoms with Crippen LogP contribution >= 0.6 is 0 Å². The molecule has 3 fully saturated rings. The molecular weight excluding hydrogens is 336 g/mol. The van der Waals surface area contributed by atoms with E-state index in [1.54, 1.807) is 34.2 Å². The van der Waals surface area contributed by atoms with Crippen LogP contribution in [0.4, 0.5) is 0 Å². The Labute approximate surface area is 149 Å². The second-order valence-corrected chi connectivity index (χ2v) is 6.97. The summed E-state index contributed by atoms with van der Waals surface area (Å²) in [6, 6.07) is 4.87. The first-order chi connectivity index (χ1) is 12.6. The number of nitrogens with zero attached hydrogens (tertiary/aromatic N) is 4. The average Bonchev–Trinajstić information content (AvgIpc) is 3.14. The van der Waals surface area contributed by atoms with Gasteiger partial charge in [0.15, 0.2) is 5.72 Å². The van der Waals surface area contributed by atoms with Crippen LogP contribution in [0.3, 0.4) is 0 Å². The predicted molar refractivity (Wildman–Crippen MR) is 90.5 cm³/mol. The van der Waals surface area contributed by atoms with Crippen LogP contribution in [0.15, 0.2) is 35.4 Å². The van der Waals surface area contributed by atoms with E-state index in [-0.39, 0.29) is 29.8 Å². The van der Waals surface area contributed by atoms with Crippen LogP contribution in [0, 0.1) is 0 Å². The summed E-state index contributed by atoms with van der Waals surface area (Å²) >= 11 is 0. The number of ether oxygens (including phenoxy) is 1. The van der Waals surface area contributed by atoms with Crippen molar-refractivity contribution in [2.24, 2.45) is 0 Å². The second kappa shape index (κ2) is 5.38. The van der Waals surface area contributed by atoms with E-state index in [0.717, 1.165) is 6.42 Å². The van der Waals surface area contributed by atoms with E-state index in [1.807, 2.05) is 0 Å². The number of aromatic nitrogens is 2. The van der Waals surface area contributed by atoms with Gasteiger partial charge in [-0.25, -0.2) is 4.98 Å². The van der Waals surface area contributed by atoms with Gasteiger partial charge in [-0.15, -0.1) is 0 Å². The minimum atomic E-state index is -0.717. The third-order valence-electron chi connectivity index (χ3n) is 5.72. The second-order valence-electron chi connectivity index (χ2n) is 6.97. The highest BCUT2D eigenvalue weighted by Crippen LogP contribution is 2.45. The van der Waals surface area contributed by atoms with Crippen molar-refractivity contribution in [3.63, 3.8) is 0 Å². The molecule has 0 unspecified atom stereocenters. The topological polar surface area (TPSA) is 84.2 Å². The molecule has 5 heterocycles. The highest BCUT2D eigenvalue weighted by Gasteiger charge is 2.61. The Bertz CT molecular complexity index is 987. The van der Waals surface area contributed by atoms with Crippen LogP contribution in [0.5, 0.6) is 0 Å². The Morgan fingerprint density at radius 2 is 2.15 bits per heavy atom. The number of carbonyl (C=O) groups is 2. The summed E-state index contributed by atoms with van der Waals surface area (Å²) in [6.45, 7) is 1.71. The minimum Gasteiger partial charge on any atom is -0.353 e. The number of amides is 2. The fraction of sp³-hybridized carbons (Fsp3) is 0.444. The Hall–Kier alpha value is -2.74. The van der Waals surface area contributed by atoms with Crippen molar-refractivity contribution in [1.82, 2.24) is 19.2 Å². The van der Waals surface area contributed by atoms with E-state index in [0.29, 0.717) is 31.8 Å². The lowest BCUT2D eigenvalue weighted by atomic mass is 10.0. The molecule has 2 atom stereocenters. The summed E-state index contributed by atoms with van der Waals surface area (Å²) < 4.78 is 7.38. The molecule has 0 aromatic carbocycles. The van der Waals surface area contributed by atoms with Crippen LogP contribution in [0.25, 0.3) is 5.65 Å². The van der Waals surface area contributed by atoms with Gasteiger partial charge >= 0.3 is 0 Å². The standard InChI is InChI=1S/C18H18N4O4/c23-15-10-13-18(22(15)7-3-9-26-18)5-8-20(13)16(24)12-11-19-14-4-1-2-6-21(14)17(12)25/h1-2,4,6,11,13H,3,5,7-10H2/t13-,18+/m1/s1. The lowest BCUT2D eigenvalue weighted by Gasteiger charge is -2.42. The van der Waals surface area contributed by atoms with E-state index in [2.05, 4.69) is 4.98 Å². The molecule has 0 bridgehead atoms. The third-order valence-corrected chi connectivity index (χ3v) is 5.72. The van der Waals surface area contributed by atoms with E-state index < -0.39 is 11.3 Å². The summed E-state index contributed by atoms with van der Waals surface area (Å²) in [5, 5.41) is 0. The van der Waals surface area contributed by atoms with Crippen LogP contribution in [-0.2, 0) is 9.53 Å². The third kappa shape index (κ3) is 1.93. The van der Waals surface area contributed by atoms with Gasteiger partial charge in [0, 0.05) is 31.9 Å². The largest absolute Gasteiger partial charge is 0.353 e. The molecule has 2 amide bonds. The lowest BCUT2D eigenvalue weighted by Crippen LogP contribution is -2.56. The maximum atomic E-state index is 13.1. The number of likely N-dealkylation sites (tertiary alicyclic amines) is 1. The van der Waals surface area contributed by atoms with Crippen molar-refractivity contribution >= 4 is 17.5 Å². The Morgan fingerprint density at radius 1 is 1.27 bits per heavy atom. The molecule has 0 saturated carbocycles. The molecule has 134 valence electrons. The molecule has 0 aliphatic carbocycles. The number of pyridine rings is 1. The normalized spacial score (nSPS) is 27.7. The molecule has 3 aliphatic heterocycles. The van der Waals surface area contributed by atoms with Gasteiger partial charge in [0.1, 0.15) is 11.2 Å². The molecule has 8 nitrogen and oxygen atoms in total. The monoisotopic (exact) mass is 354 g/mol. The molecule has 3 saturated heterocycles. The molecule has 1 spiro atoms. The predicted octanol–water partition coefficient (Wildman–Crippen LogP) is 0.258. The van der Waals surface area contributed by atoms with Crippen LogP contribution < -0.4 is 5.56 Å². The fourth-order valence-electron chi connectivity index (χ4n) is 4.52. The van der Waals surface area contributed by atoms with E-state index in [4.69, 9.17) is 4.74 Å². The lowest BCUT2D eigenvalue weighted by molar-refractivity contribution is -0.179. The zero-order chi connectivity index (χ0) is 17.9. The van der Waals surface area contributed by atoms with Crippen molar-refractivity contribution < 1.29 is 14.3 Å². The van der Waals surface area contributed by atoms with Gasteiger partial charge in [0.05, 0.1) is 19.1 Å². The first-order valence-electron chi connectivity index (χ1n) is 8.84. The van der Waals surface area contributed by atoms with Crippen molar-refractivity contribution in [3.8, 4) is 0 Å². The van der Waals surface area contributed by atoms with Crippen molar-refractivity contribution in [2.75, 3.05) is 19.7 Å². The highest BCUT2D eigenvalue weighted by atomic mass is 16.5. The molecule has 8 heteroatoms. The molecule has 0 radical (unpaired) electrons. The Kier molecular flexibility index (Phi) is 3.21. The molecular formula is C18H18N4O4. The highest BCUT2D eigenvalue weighted by molar-refractivity contribution is 5.95. The molecule has 0 N–H and O–H groups in total. The summed E-state index contributed by atoms with van der Waals surface area (Å²) in [6.07, 6.45) is 4.56. The number of carbonyl (C=O) groups excluding carboxylic acids is 2. The fourth-order valence-corrected chi connectivity index (χ4v) is 4.52. The van der Waals surface area contributed by atoms with Crippen molar-refractivity contribution in [1.29, 1.82) is 0 Å². The SMILES string of the molecule is O=C(c1cnc2ccccn2c1=O)N1CC[C@@]23OCCCN2C(=O)C[C@@H]13. The number of rotatable bonds is 1. The maximum Gasteiger partial charge on any atom is 0.270 e. The van der Waals surface area contributed by atoms with E-state index >= 15 is 0 Å². The van der Waals surface area contributed by atoms with Crippen LogP contribution in [0.1, 0.15) is 29.6 Å². The molecule has 2 aromatic heterocycles. The maximum absolute atomic E-state index is 13.1. The van der Waals surface area contributed by atoms with Gasteiger partial charge in [-0.3, -0.25) is 18.8 Å². The van der Waals surface area contributed by atoms with Crippen molar-refractivity contribution in [2.45, 2.75) is 31.0 Å². The number of hydrogen-bond donors (Lipinski definition) is 0. The summed E-state index contributed by atoms with van der Waals surface area (Å²) in [7, 11) is 0. The number of fused-ring (bicyclic) bond motifs is 1. The molecule has 2 aromatic rings. The zero-order valence-corrected chi connectivity index (χ0v) is 14.1.